The molecule has 25 heavy (non-hydrogen) atoms. The lowest BCUT2D eigenvalue weighted by Crippen LogP contribution is -2.28. The van der Waals surface area contributed by atoms with Crippen LogP contribution in [0, 0.1) is 0 Å². The molecular formula is C22H19N2O+. The summed E-state index contributed by atoms with van der Waals surface area (Å²) in [6, 6.07) is 22.0. The molecule has 0 amide bonds. The van der Waals surface area contributed by atoms with Crippen LogP contribution >= 0.6 is 0 Å². The summed E-state index contributed by atoms with van der Waals surface area (Å²) in [7, 11) is 3.85. The van der Waals surface area contributed by atoms with Crippen molar-refractivity contribution >= 4 is 10.8 Å². The minimum absolute atomic E-state index is 0.0198. The topological polar surface area (TPSA) is 25.9 Å². The van der Waals surface area contributed by atoms with Gasteiger partial charge in [0, 0.05) is 18.5 Å². The largest absolute Gasteiger partial charge is 0.310 e. The lowest BCUT2D eigenvalue weighted by atomic mass is 9.97. The molecule has 0 unspecified atom stereocenters. The lowest BCUT2D eigenvalue weighted by molar-refractivity contribution is -0.670. The average Bonchev–Trinajstić information content (AvgIpc) is 2.65. The summed E-state index contributed by atoms with van der Waals surface area (Å²) in [5.41, 5.74) is 3.70. The number of aromatic nitrogens is 2. The molecule has 3 heteroatoms. The highest BCUT2D eigenvalue weighted by Crippen LogP contribution is 2.31. The summed E-state index contributed by atoms with van der Waals surface area (Å²) >= 11 is 0. The van der Waals surface area contributed by atoms with Gasteiger partial charge in [0.1, 0.15) is 7.05 Å². The third kappa shape index (κ3) is 2.54. The molecule has 0 aliphatic heterocycles. The van der Waals surface area contributed by atoms with E-state index in [4.69, 9.17) is 0 Å². The second-order valence-electron chi connectivity index (χ2n) is 6.26. The van der Waals surface area contributed by atoms with Crippen molar-refractivity contribution < 1.29 is 4.57 Å². The van der Waals surface area contributed by atoms with Crippen LogP contribution in [0.3, 0.4) is 0 Å². The van der Waals surface area contributed by atoms with E-state index in [0.717, 1.165) is 33.2 Å². The highest BCUT2D eigenvalue weighted by atomic mass is 16.1. The SMILES string of the molecule is Cn1c(-c2ccccc2)c2c[n+](C)ccc2c(-c2ccccc2)c1=O. The van der Waals surface area contributed by atoms with Gasteiger partial charge < -0.3 is 4.57 Å². The van der Waals surface area contributed by atoms with Crippen LogP contribution in [-0.2, 0) is 14.1 Å². The standard InChI is InChI=1S/C22H19N2O/c1-23-14-13-18-19(15-23)21(17-11-7-4-8-12-17)24(2)22(25)20(18)16-9-5-3-6-10-16/h3-15H,1-2H3/q+1. The van der Waals surface area contributed by atoms with Gasteiger partial charge in [-0.1, -0.05) is 60.7 Å². The van der Waals surface area contributed by atoms with Gasteiger partial charge in [-0.3, -0.25) is 4.79 Å². The molecule has 122 valence electrons. The second kappa shape index (κ2) is 6.02. The summed E-state index contributed by atoms with van der Waals surface area (Å²) in [6.07, 6.45) is 4.08. The summed E-state index contributed by atoms with van der Waals surface area (Å²) in [6.45, 7) is 0. The number of fused-ring (bicyclic) bond motifs is 1. The Bertz CT molecular complexity index is 1110. The van der Waals surface area contributed by atoms with Gasteiger partial charge in [-0.25, -0.2) is 4.57 Å². The molecule has 0 spiro atoms. The lowest BCUT2D eigenvalue weighted by Gasteiger charge is -2.15. The molecule has 0 radical (unpaired) electrons. The number of hydrogen-bond donors (Lipinski definition) is 0. The van der Waals surface area contributed by atoms with Crippen molar-refractivity contribution in [2.45, 2.75) is 0 Å². The average molecular weight is 327 g/mol. The Morgan fingerprint density at radius 1 is 0.800 bits per heavy atom. The first-order valence-corrected chi connectivity index (χ1v) is 8.29. The van der Waals surface area contributed by atoms with Gasteiger partial charge in [0.25, 0.3) is 5.56 Å². The van der Waals surface area contributed by atoms with Gasteiger partial charge in [-0.15, -0.1) is 0 Å². The quantitative estimate of drug-likeness (QED) is 0.516. The van der Waals surface area contributed by atoms with Crippen molar-refractivity contribution in [3.8, 4) is 22.4 Å². The van der Waals surface area contributed by atoms with Gasteiger partial charge in [0.2, 0.25) is 0 Å². The Morgan fingerprint density at radius 2 is 1.40 bits per heavy atom. The summed E-state index contributed by atoms with van der Waals surface area (Å²) in [5.74, 6) is 0. The zero-order chi connectivity index (χ0) is 17.4. The van der Waals surface area contributed by atoms with Crippen LogP contribution in [0.1, 0.15) is 0 Å². The third-order valence-electron chi connectivity index (χ3n) is 4.59. The minimum Gasteiger partial charge on any atom is -0.310 e. The molecule has 0 saturated carbocycles. The van der Waals surface area contributed by atoms with Crippen molar-refractivity contribution in [1.29, 1.82) is 0 Å². The van der Waals surface area contributed by atoms with E-state index in [1.807, 2.05) is 91.6 Å². The summed E-state index contributed by atoms with van der Waals surface area (Å²) in [5, 5.41) is 2.04. The molecule has 0 atom stereocenters. The van der Waals surface area contributed by atoms with E-state index in [1.54, 1.807) is 4.57 Å². The van der Waals surface area contributed by atoms with E-state index in [0.29, 0.717) is 0 Å². The predicted molar refractivity (Wildman–Crippen MR) is 101 cm³/mol. The normalized spacial score (nSPS) is 11.0. The number of aryl methyl sites for hydroxylation is 1. The van der Waals surface area contributed by atoms with E-state index in [-0.39, 0.29) is 5.56 Å². The van der Waals surface area contributed by atoms with Crippen LogP contribution in [-0.4, -0.2) is 4.57 Å². The number of benzene rings is 2. The maximum atomic E-state index is 13.2. The fourth-order valence-corrected chi connectivity index (χ4v) is 3.40. The maximum absolute atomic E-state index is 13.2. The van der Waals surface area contributed by atoms with Crippen molar-refractivity contribution in [3.05, 3.63) is 89.5 Å². The molecule has 4 aromatic rings. The molecular weight excluding hydrogens is 308 g/mol. The van der Waals surface area contributed by atoms with Crippen molar-refractivity contribution in [1.82, 2.24) is 4.57 Å². The first-order chi connectivity index (χ1) is 12.2. The fraction of sp³-hybridized carbons (Fsp3) is 0.0909. The molecule has 0 aliphatic rings. The van der Waals surface area contributed by atoms with E-state index < -0.39 is 0 Å². The number of pyridine rings is 2. The monoisotopic (exact) mass is 327 g/mol. The minimum atomic E-state index is 0.0198. The zero-order valence-corrected chi connectivity index (χ0v) is 14.3. The Morgan fingerprint density at radius 3 is 2.04 bits per heavy atom. The first-order valence-electron chi connectivity index (χ1n) is 8.29. The van der Waals surface area contributed by atoms with Crippen LogP contribution in [0.5, 0.6) is 0 Å². The molecule has 0 bridgehead atoms. The van der Waals surface area contributed by atoms with Crippen LogP contribution in [0.15, 0.2) is 83.9 Å². The Labute approximate surface area is 146 Å². The van der Waals surface area contributed by atoms with E-state index >= 15 is 0 Å². The van der Waals surface area contributed by atoms with Crippen molar-refractivity contribution in [2.24, 2.45) is 14.1 Å². The molecule has 2 heterocycles. The van der Waals surface area contributed by atoms with Gasteiger partial charge in [0.05, 0.1) is 16.6 Å². The smallest absolute Gasteiger partial charge is 0.259 e. The molecule has 0 fully saturated rings. The molecule has 0 saturated heterocycles. The Balaban J connectivity index is 2.18. The van der Waals surface area contributed by atoms with Crippen molar-refractivity contribution in [3.63, 3.8) is 0 Å². The number of rotatable bonds is 2. The summed E-state index contributed by atoms with van der Waals surface area (Å²) in [4.78, 5) is 13.2. The number of nitrogens with zero attached hydrogens (tertiary/aromatic N) is 2. The highest BCUT2D eigenvalue weighted by molar-refractivity contribution is 6.02. The zero-order valence-electron chi connectivity index (χ0n) is 14.3. The maximum Gasteiger partial charge on any atom is 0.259 e. The molecule has 2 aromatic carbocycles. The van der Waals surface area contributed by atoms with E-state index in [9.17, 15) is 4.79 Å². The Kier molecular flexibility index (Phi) is 3.69. The van der Waals surface area contributed by atoms with Gasteiger partial charge in [-0.05, 0) is 11.1 Å². The summed E-state index contributed by atoms with van der Waals surface area (Å²) < 4.78 is 3.79. The molecule has 0 aliphatic carbocycles. The molecule has 2 aromatic heterocycles. The van der Waals surface area contributed by atoms with Gasteiger partial charge in [-0.2, -0.15) is 0 Å². The van der Waals surface area contributed by atoms with Gasteiger partial charge in [0.15, 0.2) is 12.4 Å². The van der Waals surface area contributed by atoms with E-state index in [2.05, 4.69) is 6.20 Å². The second-order valence-corrected chi connectivity index (χ2v) is 6.26. The fourth-order valence-electron chi connectivity index (χ4n) is 3.40. The van der Waals surface area contributed by atoms with Gasteiger partial charge >= 0.3 is 0 Å². The van der Waals surface area contributed by atoms with Crippen molar-refractivity contribution in [2.75, 3.05) is 0 Å². The first kappa shape index (κ1) is 15.3. The van der Waals surface area contributed by atoms with Crippen LogP contribution < -0.4 is 10.1 Å². The van der Waals surface area contributed by atoms with Crippen LogP contribution in [0.2, 0.25) is 0 Å². The van der Waals surface area contributed by atoms with Crippen LogP contribution in [0.4, 0.5) is 0 Å². The third-order valence-corrected chi connectivity index (χ3v) is 4.59. The number of hydrogen-bond acceptors (Lipinski definition) is 1. The van der Waals surface area contributed by atoms with Crippen LogP contribution in [0.25, 0.3) is 33.2 Å². The Hall–Kier alpha value is -3.20. The highest BCUT2D eigenvalue weighted by Gasteiger charge is 2.18. The predicted octanol–water partition coefficient (Wildman–Crippen LogP) is 3.70. The molecule has 3 nitrogen and oxygen atoms in total. The van der Waals surface area contributed by atoms with E-state index in [1.165, 1.54) is 0 Å². The molecule has 0 N–H and O–H groups in total. The molecule has 4 rings (SSSR count).